The molecule has 0 aliphatic rings. The fourth-order valence-corrected chi connectivity index (χ4v) is 0.155. The van der Waals surface area contributed by atoms with Crippen molar-refractivity contribution in [2.75, 3.05) is 14.2 Å². The van der Waals surface area contributed by atoms with Gasteiger partial charge in [-0.1, -0.05) is 0 Å². The van der Waals surface area contributed by atoms with Gasteiger partial charge in [0.25, 0.3) is 0 Å². The first-order valence-electron chi connectivity index (χ1n) is 2.88. The van der Waals surface area contributed by atoms with Gasteiger partial charge < -0.3 is 9.47 Å². The predicted octanol–water partition coefficient (Wildman–Crippen LogP) is 2.13. The molecule has 0 aliphatic heterocycles. The van der Waals surface area contributed by atoms with Crippen LogP contribution in [-0.4, -0.2) is 26.4 Å². The number of hydrogen-bond donors (Lipinski definition) is 0. The molecule has 0 fully saturated rings. The zero-order chi connectivity index (χ0) is 11.4. The van der Waals surface area contributed by atoms with E-state index in [4.69, 9.17) is 11.1 Å². The van der Waals surface area contributed by atoms with Crippen molar-refractivity contribution in [1.29, 1.82) is 0 Å². The van der Waals surface area contributed by atoms with E-state index in [9.17, 15) is 9.59 Å². The lowest BCUT2D eigenvalue weighted by atomic mass is 11.2. The monoisotopic (exact) mass is 202 g/mol. The number of carbonyl (C=O) groups excluding carboxylic acids is 2. The number of ether oxygens (including phenoxy) is 2. The van der Waals surface area contributed by atoms with Crippen molar-refractivity contribution in [1.82, 2.24) is 0 Å². The van der Waals surface area contributed by atoms with Gasteiger partial charge in [0.1, 0.15) is 0 Å². The van der Waals surface area contributed by atoms with Gasteiger partial charge in [0.15, 0.2) is 0 Å². The molecule has 2 amide bonds. The molecule has 0 aromatic heterocycles. The number of amides is 2. The SMILES string of the molecule is COC(=O)N=[N+]=[N-].COC(=O)N=[N+]=[N-]. The lowest BCUT2D eigenvalue weighted by Gasteiger charge is -1.81. The average molecular weight is 202 g/mol. The number of rotatable bonds is 0. The third-order valence-corrected chi connectivity index (χ3v) is 0.602. The number of methoxy groups -OCH3 is 2. The van der Waals surface area contributed by atoms with Crippen LogP contribution in [0.15, 0.2) is 10.2 Å². The Morgan fingerprint density at radius 2 is 1.29 bits per heavy atom. The first-order chi connectivity index (χ1) is 6.62. The Hall–Kier alpha value is -2.44. The van der Waals surface area contributed by atoms with Crippen molar-refractivity contribution < 1.29 is 19.1 Å². The molecule has 0 aromatic rings. The van der Waals surface area contributed by atoms with Crippen molar-refractivity contribution >= 4 is 12.2 Å². The summed E-state index contributed by atoms with van der Waals surface area (Å²) in [5.74, 6) is 0. The maximum atomic E-state index is 9.77. The van der Waals surface area contributed by atoms with E-state index in [1.165, 1.54) is 0 Å². The largest absolute Gasteiger partial charge is 0.464 e. The van der Waals surface area contributed by atoms with Gasteiger partial charge in [-0.15, -0.1) is 0 Å². The van der Waals surface area contributed by atoms with E-state index < -0.39 is 12.2 Å². The van der Waals surface area contributed by atoms with E-state index in [-0.39, 0.29) is 0 Å². The molecule has 0 unspecified atom stereocenters. The van der Waals surface area contributed by atoms with Gasteiger partial charge in [0.05, 0.1) is 14.2 Å². The maximum Gasteiger partial charge on any atom is 0.396 e. The van der Waals surface area contributed by atoms with Crippen LogP contribution in [0.3, 0.4) is 0 Å². The summed E-state index contributed by atoms with van der Waals surface area (Å²) in [5.41, 5.74) is 15.1. The topological polar surface area (TPSA) is 150 Å². The highest BCUT2D eigenvalue weighted by atomic mass is 16.5. The highest BCUT2D eigenvalue weighted by molar-refractivity contribution is 5.67. The molecule has 0 aromatic carbocycles. The average Bonchev–Trinajstić information content (AvgIpc) is 2.19. The normalized spacial score (nSPS) is 6.43. The van der Waals surface area contributed by atoms with Crippen molar-refractivity contribution in [3.63, 3.8) is 0 Å². The quantitative estimate of drug-likeness (QED) is 0.335. The first-order valence-corrected chi connectivity index (χ1v) is 2.88. The smallest absolute Gasteiger partial charge is 0.396 e. The van der Waals surface area contributed by atoms with Crippen molar-refractivity contribution in [3.8, 4) is 0 Å². The molecule has 0 saturated heterocycles. The molecule has 10 heteroatoms. The molecule has 0 bridgehead atoms. The molecule has 0 radical (unpaired) electrons. The lowest BCUT2D eigenvalue weighted by Crippen LogP contribution is -1.87. The second kappa shape index (κ2) is 10.6. The molecule has 0 heterocycles. The summed E-state index contributed by atoms with van der Waals surface area (Å²) in [5, 5.41) is 5.12. The van der Waals surface area contributed by atoms with E-state index in [1.54, 1.807) is 0 Å². The number of hydrogen-bond acceptors (Lipinski definition) is 4. The van der Waals surface area contributed by atoms with Gasteiger partial charge in [-0.25, -0.2) is 9.59 Å². The van der Waals surface area contributed by atoms with Gasteiger partial charge in [0, 0.05) is 20.1 Å². The van der Waals surface area contributed by atoms with Crippen LogP contribution in [-0.2, 0) is 9.47 Å². The minimum absolute atomic E-state index is 0.914. The van der Waals surface area contributed by atoms with Crippen LogP contribution in [0.4, 0.5) is 9.59 Å². The highest BCUT2D eigenvalue weighted by Gasteiger charge is 1.87. The Morgan fingerprint density at radius 1 is 1.00 bits per heavy atom. The summed E-state index contributed by atoms with van der Waals surface area (Å²) < 4.78 is 7.86. The summed E-state index contributed by atoms with van der Waals surface area (Å²) in [6, 6.07) is 0. The molecule has 0 aliphatic carbocycles. The van der Waals surface area contributed by atoms with E-state index in [2.05, 4.69) is 29.5 Å². The summed E-state index contributed by atoms with van der Waals surface area (Å²) >= 11 is 0. The minimum atomic E-state index is -0.914. The van der Waals surface area contributed by atoms with Crippen LogP contribution in [0.25, 0.3) is 20.9 Å². The fourth-order valence-electron chi connectivity index (χ4n) is 0.155. The Labute approximate surface area is 77.7 Å². The molecule has 0 rings (SSSR count). The number of carbonyl (C=O) groups is 2. The molecule has 10 nitrogen and oxygen atoms in total. The summed E-state index contributed by atoms with van der Waals surface area (Å²) in [6.07, 6.45) is -1.83. The molecular formula is C4H6N6O4. The first kappa shape index (κ1) is 14.1. The standard InChI is InChI=1S/2C2H3N3O2/c2*1-7-2(6)4-5-3/h2*1H3. The maximum absolute atomic E-state index is 9.77. The summed E-state index contributed by atoms with van der Waals surface area (Å²) in [4.78, 5) is 23.9. The van der Waals surface area contributed by atoms with E-state index >= 15 is 0 Å². The van der Waals surface area contributed by atoms with Gasteiger partial charge >= 0.3 is 12.2 Å². The Morgan fingerprint density at radius 3 is 1.36 bits per heavy atom. The Kier molecular flexibility index (Phi) is 10.6. The van der Waals surface area contributed by atoms with Crippen molar-refractivity contribution in [2.24, 2.45) is 10.2 Å². The summed E-state index contributed by atoms with van der Waals surface area (Å²) in [6.45, 7) is 0. The fraction of sp³-hybridized carbons (Fsp3) is 0.500. The lowest BCUT2D eigenvalue weighted by molar-refractivity contribution is 0.181. The van der Waals surface area contributed by atoms with E-state index in [1.807, 2.05) is 0 Å². The van der Waals surface area contributed by atoms with Crippen LogP contribution in [0.5, 0.6) is 0 Å². The van der Waals surface area contributed by atoms with Crippen LogP contribution in [0.2, 0.25) is 0 Å². The van der Waals surface area contributed by atoms with Crippen molar-refractivity contribution in [3.05, 3.63) is 20.9 Å². The third kappa shape index (κ3) is 12.3. The summed E-state index contributed by atoms with van der Waals surface area (Å²) in [7, 11) is 2.27. The molecule has 0 saturated carbocycles. The Bertz CT molecular complexity index is 258. The molecule has 76 valence electrons. The van der Waals surface area contributed by atoms with Crippen LogP contribution < -0.4 is 0 Å². The second-order valence-electron chi connectivity index (χ2n) is 1.32. The highest BCUT2D eigenvalue weighted by Crippen LogP contribution is 1.77. The second-order valence-corrected chi connectivity index (χ2v) is 1.32. The van der Waals surface area contributed by atoms with Gasteiger partial charge in [-0.3, -0.25) is 0 Å². The van der Waals surface area contributed by atoms with Gasteiger partial charge in [0.2, 0.25) is 0 Å². The van der Waals surface area contributed by atoms with Crippen LogP contribution in [0.1, 0.15) is 0 Å². The third-order valence-electron chi connectivity index (χ3n) is 0.602. The van der Waals surface area contributed by atoms with Gasteiger partial charge in [-0.2, -0.15) is 0 Å². The molecule has 0 atom stereocenters. The number of nitrogens with zero attached hydrogens (tertiary/aromatic N) is 6. The van der Waals surface area contributed by atoms with E-state index in [0.29, 0.717) is 0 Å². The van der Waals surface area contributed by atoms with Gasteiger partial charge in [-0.05, 0) is 11.1 Å². The van der Waals surface area contributed by atoms with E-state index in [0.717, 1.165) is 14.2 Å². The predicted molar refractivity (Wildman–Crippen MR) is 43.1 cm³/mol. The molecule has 0 spiro atoms. The molecular weight excluding hydrogens is 196 g/mol. The molecule has 0 N–H and O–H groups in total. The van der Waals surface area contributed by atoms with Crippen LogP contribution in [0, 0.1) is 0 Å². The van der Waals surface area contributed by atoms with Crippen LogP contribution >= 0.6 is 0 Å². The van der Waals surface area contributed by atoms with Crippen molar-refractivity contribution in [2.45, 2.75) is 0 Å². The number of azide groups is 2. The minimum Gasteiger partial charge on any atom is -0.464 e. The zero-order valence-corrected chi connectivity index (χ0v) is 7.32. The molecule has 14 heavy (non-hydrogen) atoms. The Balaban J connectivity index is 0. The zero-order valence-electron chi connectivity index (χ0n) is 7.32.